The van der Waals surface area contributed by atoms with Gasteiger partial charge in [-0.25, -0.2) is 8.78 Å². The summed E-state index contributed by atoms with van der Waals surface area (Å²) < 4.78 is 25.1. The van der Waals surface area contributed by atoms with Gasteiger partial charge in [0.25, 0.3) is 6.43 Å². The molecule has 0 bridgehead atoms. The van der Waals surface area contributed by atoms with Crippen LogP contribution in [0.1, 0.15) is 23.6 Å². The number of benzene rings is 1. The van der Waals surface area contributed by atoms with Crippen molar-refractivity contribution in [3.63, 3.8) is 0 Å². The first kappa shape index (κ1) is 12.1. The Bertz CT molecular complexity index is 325. The summed E-state index contributed by atoms with van der Waals surface area (Å²) in [5.41, 5.74) is 7.13. The monoisotopic (exact) mass is 213 g/mol. The van der Waals surface area contributed by atoms with Gasteiger partial charge in [-0.05, 0) is 32.8 Å². The van der Waals surface area contributed by atoms with Gasteiger partial charge in [0.15, 0.2) is 0 Å². The molecule has 0 fully saturated rings. The predicted octanol–water partition coefficient (Wildman–Crippen LogP) is 2.83. The Balaban J connectivity index is 2.89. The first-order valence-electron chi connectivity index (χ1n) is 4.95. The minimum atomic E-state index is -2.50. The zero-order chi connectivity index (χ0) is 11.6. The normalized spacial score (nSPS) is 15.4. The van der Waals surface area contributed by atoms with Crippen molar-refractivity contribution in [2.75, 3.05) is 0 Å². The molecule has 84 valence electrons. The van der Waals surface area contributed by atoms with Gasteiger partial charge in [0.05, 0.1) is 5.54 Å². The van der Waals surface area contributed by atoms with Crippen LogP contribution in [0.2, 0.25) is 0 Å². The molecule has 0 aliphatic heterocycles. The highest BCUT2D eigenvalue weighted by Crippen LogP contribution is 2.19. The molecule has 1 rings (SSSR count). The van der Waals surface area contributed by atoms with Crippen molar-refractivity contribution < 1.29 is 8.78 Å². The molecule has 0 radical (unpaired) electrons. The van der Waals surface area contributed by atoms with Gasteiger partial charge >= 0.3 is 0 Å². The second-order valence-corrected chi connectivity index (χ2v) is 4.48. The topological polar surface area (TPSA) is 26.0 Å². The maximum absolute atomic E-state index is 12.6. The average Bonchev–Trinajstić information content (AvgIpc) is 1.99. The Morgan fingerprint density at radius 3 is 2.07 bits per heavy atom. The van der Waals surface area contributed by atoms with E-state index < -0.39 is 12.0 Å². The Hall–Kier alpha value is -0.960. The lowest BCUT2D eigenvalue weighted by molar-refractivity contribution is 0.0639. The Kier molecular flexibility index (Phi) is 3.45. The Morgan fingerprint density at radius 2 is 1.67 bits per heavy atom. The standard InChI is InChI=1S/C12H17F2N/c1-8-4-9(2)6-10(5-8)7-12(3,15)11(13)14/h4-6,11H,7,15H2,1-3H3. The number of alkyl halides is 2. The fourth-order valence-corrected chi connectivity index (χ4v) is 1.69. The van der Waals surface area contributed by atoms with Gasteiger partial charge < -0.3 is 5.73 Å². The van der Waals surface area contributed by atoms with Gasteiger partial charge in [-0.15, -0.1) is 0 Å². The second kappa shape index (κ2) is 4.27. The first-order valence-corrected chi connectivity index (χ1v) is 4.95. The van der Waals surface area contributed by atoms with E-state index in [9.17, 15) is 8.78 Å². The molecule has 15 heavy (non-hydrogen) atoms. The molecule has 2 N–H and O–H groups in total. The number of nitrogens with two attached hydrogens (primary N) is 1. The van der Waals surface area contributed by atoms with Gasteiger partial charge in [0.2, 0.25) is 0 Å². The smallest absolute Gasteiger partial charge is 0.256 e. The van der Waals surface area contributed by atoms with E-state index >= 15 is 0 Å². The lowest BCUT2D eigenvalue weighted by atomic mass is 9.92. The van der Waals surface area contributed by atoms with Crippen LogP contribution >= 0.6 is 0 Å². The van der Waals surface area contributed by atoms with Crippen molar-refractivity contribution in [3.8, 4) is 0 Å². The fourth-order valence-electron chi connectivity index (χ4n) is 1.69. The molecule has 1 atom stereocenters. The summed E-state index contributed by atoms with van der Waals surface area (Å²) in [5.74, 6) is 0. The quantitative estimate of drug-likeness (QED) is 0.821. The van der Waals surface area contributed by atoms with E-state index in [0.29, 0.717) is 0 Å². The van der Waals surface area contributed by atoms with Crippen LogP contribution < -0.4 is 5.73 Å². The fraction of sp³-hybridized carbons (Fsp3) is 0.500. The van der Waals surface area contributed by atoms with Crippen molar-refractivity contribution >= 4 is 0 Å². The molecule has 0 saturated carbocycles. The SMILES string of the molecule is Cc1cc(C)cc(CC(C)(N)C(F)F)c1. The summed E-state index contributed by atoms with van der Waals surface area (Å²) in [6.07, 6.45) is -2.30. The predicted molar refractivity (Wildman–Crippen MR) is 58.2 cm³/mol. The lowest BCUT2D eigenvalue weighted by Gasteiger charge is -2.23. The van der Waals surface area contributed by atoms with Gasteiger partial charge in [0, 0.05) is 0 Å². The summed E-state index contributed by atoms with van der Waals surface area (Å²) in [7, 11) is 0. The van der Waals surface area contributed by atoms with Crippen LogP contribution in [0.4, 0.5) is 8.78 Å². The van der Waals surface area contributed by atoms with Crippen LogP contribution in [0.3, 0.4) is 0 Å². The van der Waals surface area contributed by atoms with Crippen molar-refractivity contribution in [1.29, 1.82) is 0 Å². The molecule has 0 aromatic heterocycles. The molecular weight excluding hydrogens is 196 g/mol. The lowest BCUT2D eigenvalue weighted by Crippen LogP contribution is -2.45. The van der Waals surface area contributed by atoms with Gasteiger partial charge in [-0.1, -0.05) is 29.3 Å². The van der Waals surface area contributed by atoms with Crippen LogP contribution in [0.15, 0.2) is 18.2 Å². The molecule has 1 aromatic rings. The minimum Gasteiger partial charge on any atom is -0.320 e. The Morgan fingerprint density at radius 1 is 1.20 bits per heavy atom. The molecular formula is C12H17F2N. The summed E-state index contributed by atoms with van der Waals surface area (Å²) in [4.78, 5) is 0. The number of halogens is 2. The summed E-state index contributed by atoms with van der Waals surface area (Å²) in [5, 5.41) is 0. The molecule has 0 aliphatic carbocycles. The van der Waals surface area contributed by atoms with E-state index in [0.717, 1.165) is 16.7 Å². The number of rotatable bonds is 3. The molecule has 3 heteroatoms. The summed E-state index contributed by atoms with van der Waals surface area (Å²) in [6, 6.07) is 5.82. The Labute approximate surface area is 89.3 Å². The van der Waals surface area contributed by atoms with Crippen LogP contribution in [-0.2, 0) is 6.42 Å². The molecule has 1 unspecified atom stereocenters. The summed E-state index contributed by atoms with van der Waals surface area (Å²) >= 11 is 0. The maximum atomic E-state index is 12.6. The van der Waals surface area contributed by atoms with Crippen LogP contribution in [0, 0.1) is 13.8 Å². The third kappa shape index (κ3) is 3.27. The number of hydrogen-bond donors (Lipinski definition) is 1. The van der Waals surface area contributed by atoms with E-state index in [2.05, 4.69) is 0 Å². The van der Waals surface area contributed by atoms with Crippen molar-refractivity contribution in [1.82, 2.24) is 0 Å². The highest BCUT2D eigenvalue weighted by atomic mass is 19.3. The van der Waals surface area contributed by atoms with E-state index in [-0.39, 0.29) is 6.42 Å². The maximum Gasteiger partial charge on any atom is 0.256 e. The van der Waals surface area contributed by atoms with Crippen molar-refractivity contribution in [2.24, 2.45) is 5.73 Å². The van der Waals surface area contributed by atoms with Gasteiger partial charge in [-0.3, -0.25) is 0 Å². The van der Waals surface area contributed by atoms with E-state index in [4.69, 9.17) is 5.73 Å². The molecule has 0 aliphatic rings. The highest BCUT2D eigenvalue weighted by Gasteiger charge is 2.30. The van der Waals surface area contributed by atoms with Crippen LogP contribution in [-0.4, -0.2) is 12.0 Å². The van der Waals surface area contributed by atoms with E-state index in [1.54, 1.807) is 0 Å². The van der Waals surface area contributed by atoms with Crippen molar-refractivity contribution in [3.05, 3.63) is 34.9 Å². The molecule has 0 saturated heterocycles. The third-order valence-corrected chi connectivity index (χ3v) is 2.37. The molecule has 1 aromatic carbocycles. The first-order chi connectivity index (χ1) is 6.81. The van der Waals surface area contributed by atoms with Gasteiger partial charge in [0.1, 0.15) is 0 Å². The third-order valence-electron chi connectivity index (χ3n) is 2.37. The van der Waals surface area contributed by atoms with Crippen molar-refractivity contribution in [2.45, 2.75) is 39.2 Å². The summed E-state index contributed by atoms with van der Waals surface area (Å²) in [6.45, 7) is 5.29. The molecule has 0 amide bonds. The van der Waals surface area contributed by atoms with Crippen LogP contribution in [0.5, 0.6) is 0 Å². The zero-order valence-corrected chi connectivity index (χ0v) is 9.35. The number of aryl methyl sites for hydroxylation is 2. The molecule has 0 spiro atoms. The highest BCUT2D eigenvalue weighted by molar-refractivity contribution is 5.29. The minimum absolute atomic E-state index is 0.202. The van der Waals surface area contributed by atoms with E-state index in [1.165, 1.54) is 6.92 Å². The molecule has 1 nitrogen and oxygen atoms in total. The van der Waals surface area contributed by atoms with Crippen LogP contribution in [0.25, 0.3) is 0 Å². The second-order valence-electron chi connectivity index (χ2n) is 4.48. The zero-order valence-electron chi connectivity index (χ0n) is 9.35. The van der Waals surface area contributed by atoms with E-state index in [1.807, 2.05) is 32.0 Å². The van der Waals surface area contributed by atoms with Gasteiger partial charge in [-0.2, -0.15) is 0 Å². The largest absolute Gasteiger partial charge is 0.320 e. The molecule has 0 heterocycles. The average molecular weight is 213 g/mol. The number of hydrogen-bond acceptors (Lipinski definition) is 1.